The second kappa shape index (κ2) is 6.61. The Kier molecular flexibility index (Phi) is 5.44. The third kappa shape index (κ3) is 4.75. The molecule has 0 radical (unpaired) electrons. The van der Waals surface area contributed by atoms with Gasteiger partial charge in [0.2, 0.25) is 4.90 Å². The number of amides is 1. The van der Waals surface area contributed by atoms with Crippen LogP contribution in [-0.2, 0) is 16.2 Å². The van der Waals surface area contributed by atoms with Crippen LogP contribution < -0.4 is 4.72 Å². The number of hydrogen-bond donors (Lipinski definition) is 1. The van der Waals surface area contributed by atoms with Crippen LogP contribution in [0.2, 0.25) is 0 Å². The van der Waals surface area contributed by atoms with E-state index in [-0.39, 0.29) is 10.8 Å². The minimum absolute atomic E-state index is 0.00500. The van der Waals surface area contributed by atoms with Gasteiger partial charge in [0.05, 0.1) is 0 Å². The van der Waals surface area contributed by atoms with Crippen LogP contribution in [0.1, 0.15) is 26.7 Å². The van der Waals surface area contributed by atoms with E-state index in [0.717, 1.165) is 6.42 Å². The molecule has 0 heterocycles. The van der Waals surface area contributed by atoms with Crippen molar-refractivity contribution in [3.63, 3.8) is 0 Å². The van der Waals surface area contributed by atoms with Gasteiger partial charge in [-0.25, -0.2) is 4.39 Å². The molecule has 1 atom stereocenters. The molecule has 1 unspecified atom stereocenters. The summed E-state index contributed by atoms with van der Waals surface area (Å²) in [6.45, 7) is 4.00. The van der Waals surface area contributed by atoms with Gasteiger partial charge in [-0.05, 0) is 24.5 Å². The molecule has 5 heteroatoms. The van der Waals surface area contributed by atoms with Crippen LogP contribution in [0.3, 0.4) is 0 Å². The maximum absolute atomic E-state index is 13.3. The second-order valence-corrected chi connectivity index (χ2v) is 5.34. The summed E-state index contributed by atoms with van der Waals surface area (Å²) < 4.78 is 27.2. The molecule has 1 rings (SSSR count). The summed E-state index contributed by atoms with van der Waals surface area (Å²) >= 11 is -1.81. The van der Waals surface area contributed by atoms with Crippen molar-refractivity contribution < 1.29 is 13.7 Å². The minimum atomic E-state index is -1.81. The van der Waals surface area contributed by atoms with E-state index >= 15 is 0 Å². The molecule has 1 N–H and O–H groups in total. The molecule has 0 aliphatic heterocycles. The van der Waals surface area contributed by atoms with Crippen LogP contribution in [0.25, 0.3) is 0 Å². The zero-order chi connectivity index (χ0) is 12.8. The van der Waals surface area contributed by atoms with Gasteiger partial charge in [0.15, 0.2) is 5.82 Å². The molecule has 3 nitrogen and oxygen atoms in total. The van der Waals surface area contributed by atoms with Crippen molar-refractivity contribution in [3.8, 4) is 0 Å². The predicted octanol–water partition coefficient (Wildman–Crippen LogP) is 2.40. The van der Waals surface area contributed by atoms with Crippen molar-refractivity contribution in [1.29, 1.82) is 0 Å². The quantitative estimate of drug-likeness (QED) is 0.823. The Balaban J connectivity index is 2.52. The van der Waals surface area contributed by atoms with E-state index in [1.54, 1.807) is 6.07 Å². The number of rotatable bonds is 5. The lowest BCUT2D eigenvalue weighted by Gasteiger charge is -2.11. The third-order valence-corrected chi connectivity index (χ3v) is 3.34. The average molecular weight is 257 g/mol. The van der Waals surface area contributed by atoms with E-state index in [1.165, 1.54) is 18.2 Å². The number of hydrogen-bond acceptors (Lipinski definition) is 2. The van der Waals surface area contributed by atoms with Crippen LogP contribution in [0.5, 0.6) is 0 Å². The van der Waals surface area contributed by atoms with Gasteiger partial charge >= 0.3 is 0 Å². The first kappa shape index (κ1) is 14.0. The summed E-state index contributed by atoms with van der Waals surface area (Å²) in [4.78, 5) is 11.4. The fourth-order valence-electron chi connectivity index (χ4n) is 1.22. The van der Waals surface area contributed by atoms with Gasteiger partial charge in [-0.2, -0.15) is 4.72 Å². The van der Waals surface area contributed by atoms with E-state index in [1.807, 2.05) is 13.8 Å². The molecular formula is C12H16FNO2S. The maximum Gasteiger partial charge on any atom is 0.261 e. The highest BCUT2D eigenvalue weighted by Gasteiger charge is 2.19. The highest BCUT2D eigenvalue weighted by atomic mass is 32.2. The van der Waals surface area contributed by atoms with Crippen molar-refractivity contribution in [1.82, 2.24) is 4.72 Å². The van der Waals surface area contributed by atoms with Crippen molar-refractivity contribution in [2.45, 2.75) is 31.6 Å². The smallest absolute Gasteiger partial charge is 0.261 e. The van der Waals surface area contributed by atoms with E-state index in [9.17, 15) is 13.7 Å². The van der Waals surface area contributed by atoms with Crippen LogP contribution in [0.4, 0.5) is 4.39 Å². The van der Waals surface area contributed by atoms with Crippen LogP contribution in [-0.4, -0.2) is 10.5 Å². The highest BCUT2D eigenvalue weighted by Crippen LogP contribution is 2.13. The summed E-state index contributed by atoms with van der Waals surface area (Å²) in [7, 11) is 0. The van der Waals surface area contributed by atoms with E-state index in [0.29, 0.717) is 12.3 Å². The lowest BCUT2D eigenvalue weighted by molar-refractivity contribution is -0.119. The van der Waals surface area contributed by atoms with Crippen molar-refractivity contribution in [3.05, 3.63) is 30.1 Å². The Labute approximate surface area is 104 Å². The second-order valence-electron chi connectivity index (χ2n) is 4.16. The number of carbonyl (C=O) groups excluding carboxylic acids is 1. The number of benzene rings is 1. The molecule has 0 aromatic heterocycles. The first-order chi connectivity index (χ1) is 8.00. The van der Waals surface area contributed by atoms with E-state index < -0.39 is 17.2 Å². The number of carbonyl (C=O) groups is 1. The largest absolute Gasteiger partial charge is 0.588 e. The van der Waals surface area contributed by atoms with Crippen LogP contribution >= 0.6 is 0 Å². The van der Waals surface area contributed by atoms with E-state index in [2.05, 4.69) is 4.72 Å². The average Bonchev–Trinajstić information content (AvgIpc) is 2.26. The molecule has 1 amide bonds. The van der Waals surface area contributed by atoms with Crippen LogP contribution in [0.15, 0.2) is 29.2 Å². The lowest BCUT2D eigenvalue weighted by Crippen LogP contribution is -2.31. The molecule has 0 aliphatic carbocycles. The summed E-state index contributed by atoms with van der Waals surface area (Å²) in [5, 5.41) is 0. The van der Waals surface area contributed by atoms with Crippen LogP contribution in [0, 0.1) is 11.7 Å². The highest BCUT2D eigenvalue weighted by molar-refractivity contribution is 7.90. The molecule has 0 saturated carbocycles. The first-order valence-electron chi connectivity index (χ1n) is 5.46. The first-order valence-corrected chi connectivity index (χ1v) is 6.61. The molecule has 0 spiro atoms. The lowest BCUT2D eigenvalue weighted by atomic mass is 10.1. The number of halogens is 1. The topological polar surface area (TPSA) is 52.2 Å². The fourth-order valence-corrected chi connectivity index (χ4v) is 2.09. The normalized spacial score (nSPS) is 12.5. The zero-order valence-corrected chi connectivity index (χ0v) is 10.7. The molecule has 1 aromatic rings. The van der Waals surface area contributed by atoms with Crippen molar-refractivity contribution >= 4 is 17.3 Å². The Bertz CT molecular complexity index is 385. The Morgan fingerprint density at radius 3 is 2.71 bits per heavy atom. The molecule has 0 bridgehead atoms. The molecule has 1 aromatic carbocycles. The molecule has 0 saturated heterocycles. The van der Waals surface area contributed by atoms with Gasteiger partial charge in [0, 0.05) is 6.42 Å². The van der Waals surface area contributed by atoms with Crippen molar-refractivity contribution in [2.75, 3.05) is 0 Å². The standard InChI is InChI=1S/C12H16FNO2S/c1-9(2)7-8-12(15)14-17(16)11-6-4-3-5-10(11)13/h3-6,9H,7-8H2,1-2H3,(H,14,15). The monoisotopic (exact) mass is 257 g/mol. The predicted molar refractivity (Wildman–Crippen MR) is 65.0 cm³/mol. The summed E-state index contributed by atoms with van der Waals surface area (Å²) in [6.07, 6.45) is 1.03. The molecular weight excluding hydrogens is 241 g/mol. The molecule has 17 heavy (non-hydrogen) atoms. The SMILES string of the molecule is CC(C)CCC(=O)N[S+]([O-])c1ccccc1F. The van der Waals surface area contributed by atoms with Gasteiger partial charge in [-0.1, -0.05) is 26.0 Å². The summed E-state index contributed by atoms with van der Waals surface area (Å²) in [5.41, 5.74) is 0. The Morgan fingerprint density at radius 1 is 1.47 bits per heavy atom. The number of nitrogens with one attached hydrogen (secondary N) is 1. The minimum Gasteiger partial charge on any atom is -0.588 e. The molecule has 0 aliphatic rings. The maximum atomic E-state index is 13.3. The Hall–Kier alpha value is -1.07. The molecule has 94 valence electrons. The molecule has 0 fully saturated rings. The summed E-state index contributed by atoms with van der Waals surface area (Å²) in [5.74, 6) is -0.488. The van der Waals surface area contributed by atoms with Crippen molar-refractivity contribution in [2.24, 2.45) is 5.92 Å². The van der Waals surface area contributed by atoms with Gasteiger partial charge in [-0.15, -0.1) is 0 Å². The van der Waals surface area contributed by atoms with E-state index in [4.69, 9.17) is 0 Å². The third-order valence-electron chi connectivity index (χ3n) is 2.19. The van der Waals surface area contributed by atoms with Gasteiger partial charge in [0.1, 0.15) is 11.4 Å². The van der Waals surface area contributed by atoms with Gasteiger partial charge in [-0.3, -0.25) is 4.79 Å². The fraction of sp³-hybridized carbons (Fsp3) is 0.417. The Morgan fingerprint density at radius 2 is 2.12 bits per heavy atom. The summed E-state index contributed by atoms with van der Waals surface area (Å²) in [6, 6.07) is 5.70. The van der Waals surface area contributed by atoms with Gasteiger partial charge in [0.25, 0.3) is 5.91 Å². The zero-order valence-electron chi connectivity index (χ0n) is 9.90. The van der Waals surface area contributed by atoms with Gasteiger partial charge < -0.3 is 4.55 Å².